The lowest BCUT2D eigenvalue weighted by Gasteiger charge is -2.29. The number of hydrogen-bond donors (Lipinski definition) is 2. The molecule has 0 aromatic carbocycles. The van der Waals surface area contributed by atoms with Gasteiger partial charge in [-0.15, -0.1) is 0 Å². The summed E-state index contributed by atoms with van der Waals surface area (Å²) in [5.41, 5.74) is 0. The minimum absolute atomic E-state index is 0.0119. The summed E-state index contributed by atoms with van der Waals surface area (Å²) in [4.78, 5) is 12.3. The molecule has 18 heavy (non-hydrogen) atoms. The van der Waals surface area contributed by atoms with Crippen LogP contribution in [0.25, 0.3) is 0 Å². The SMILES string of the molecule is CCNC1COCC1C(=O)NC1CCCC(C)C1. The molecule has 1 saturated heterocycles. The lowest BCUT2D eigenvalue weighted by atomic mass is 9.86. The van der Waals surface area contributed by atoms with Gasteiger partial charge in [0.1, 0.15) is 0 Å². The molecule has 2 aliphatic rings. The first kappa shape index (κ1) is 13.8. The van der Waals surface area contributed by atoms with Gasteiger partial charge in [-0.3, -0.25) is 4.79 Å². The van der Waals surface area contributed by atoms with E-state index >= 15 is 0 Å². The highest BCUT2D eigenvalue weighted by Crippen LogP contribution is 2.24. The zero-order valence-corrected chi connectivity index (χ0v) is 11.6. The fourth-order valence-corrected chi connectivity index (χ4v) is 3.15. The van der Waals surface area contributed by atoms with E-state index in [1.807, 2.05) is 0 Å². The number of carbonyl (C=O) groups excluding carboxylic acids is 1. The molecule has 0 bridgehead atoms. The topological polar surface area (TPSA) is 50.4 Å². The number of likely N-dealkylation sites (N-methyl/N-ethyl adjacent to an activating group) is 1. The highest BCUT2D eigenvalue weighted by atomic mass is 16.5. The third-order valence-electron chi connectivity index (χ3n) is 4.17. The van der Waals surface area contributed by atoms with Gasteiger partial charge in [-0.25, -0.2) is 0 Å². The van der Waals surface area contributed by atoms with E-state index < -0.39 is 0 Å². The van der Waals surface area contributed by atoms with Crippen LogP contribution in [-0.2, 0) is 9.53 Å². The van der Waals surface area contributed by atoms with Gasteiger partial charge in [-0.05, 0) is 25.3 Å². The summed E-state index contributed by atoms with van der Waals surface area (Å²) in [7, 11) is 0. The van der Waals surface area contributed by atoms with Crippen LogP contribution in [0.1, 0.15) is 39.5 Å². The van der Waals surface area contributed by atoms with Crippen molar-refractivity contribution < 1.29 is 9.53 Å². The van der Waals surface area contributed by atoms with Crippen LogP contribution in [0, 0.1) is 11.8 Å². The van der Waals surface area contributed by atoms with Crippen LogP contribution in [0.2, 0.25) is 0 Å². The molecule has 1 saturated carbocycles. The summed E-state index contributed by atoms with van der Waals surface area (Å²) in [5.74, 6) is 0.910. The molecule has 1 aliphatic carbocycles. The van der Waals surface area contributed by atoms with Gasteiger partial charge in [0.25, 0.3) is 0 Å². The first-order valence-corrected chi connectivity index (χ1v) is 7.32. The molecule has 104 valence electrons. The van der Waals surface area contributed by atoms with E-state index in [0.717, 1.165) is 25.3 Å². The van der Waals surface area contributed by atoms with Gasteiger partial charge in [-0.1, -0.05) is 26.7 Å². The molecule has 0 aromatic heterocycles. The third-order valence-corrected chi connectivity index (χ3v) is 4.17. The number of carbonyl (C=O) groups is 1. The van der Waals surface area contributed by atoms with E-state index in [4.69, 9.17) is 4.74 Å². The molecule has 4 heteroatoms. The number of nitrogens with one attached hydrogen (secondary N) is 2. The number of hydrogen-bond acceptors (Lipinski definition) is 3. The Bertz CT molecular complexity index is 283. The summed E-state index contributed by atoms with van der Waals surface area (Å²) in [6, 6.07) is 0.570. The van der Waals surface area contributed by atoms with Crippen molar-refractivity contribution in [3.63, 3.8) is 0 Å². The predicted molar refractivity (Wildman–Crippen MR) is 71.3 cm³/mol. The second-order valence-electron chi connectivity index (χ2n) is 5.79. The number of ether oxygens (including phenoxy) is 1. The lowest BCUT2D eigenvalue weighted by molar-refractivity contribution is -0.126. The largest absolute Gasteiger partial charge is 0.379 e. The van der Waals surface area contributed by atoms with Crippen molar-refractivity contribution in [3.8, 4) is 0 Å². The molecular weight excluding hydrogens is 228 g/mol. The fourth-order valence-electron chi connectivity index (χ4n) is 3.15. The average Bonchev–Trinajstić information content (AvgIpc) is 2.78. The Kier molecular flexibility index (Phi) is 5.01. The normalized spacial score (nSPS) is 36.6. The zero-order chi connectivity index (χ0) is 13.0. The molecule has 2 rings (SSSR count). The Balaban J connectivity index is 1.83. The smallest absolute Gasteiger partial charge is 0.227 e. The third kappa shape index (κ3) is 3.45. The fraction of sp³-hybridized carbons (Fsp3) is 0.929. The second-order valence-corrected chi connectivity index (χ2v) is 5.79. The van der Waals surface area contributed by atoms with Gasteiger partial charge in [-0.2, -0.15) is 0 Å². The molecule has 0 aromatic rings. The summed E-state index contributed by atoms with van der Waals surface area (Å²) >= 11 is 0. The van der Waals surface area contributed by atoms with Crippen LogP contribution < -0.4 is 10.6 Å². The molecule has 2 fully saturated rings. The monoisotopic (exact) mass is 254 g/mol. The number of rotatable bonds is 4. The molecule has 0 radical (unpaired) electrons. The van der Waals surface area contributed by atoms with E-state index in [9.17, 15) is 4.79 Å². The molecule has 4 nitrogen and oxygen atoms in total. The van der Waals surface area contributed by atoms with Crippen LogP contribution in [0.3, 0.4) is 0 Å². The van der Waals surface area contributed by atoms with Crippen LogP contribution in [-0.4, -0.2) is 37.7 Å². The Morgan fingerprint density at radius 3 is 2.89 bits per heavy atom. The highest BCUT2D eigenvalue weighted by Gasteiger charge is 2.34. The first-order chi connectivity index (χ1) is 8.70. The van der Waals surface area contributed by atoms with Crippen LogP contribution in [0.5, 0.6) is 0 Å². The molecule has 1 amide bonds. The maximum absolute atomic E-state index is 12.3. The van der Waals surface area contributed by atoms with Gasteiger partial charge in [0.05, 0.1) is 19.1 Å². The van der Waals surface area contributed by atoms with Crippen molar-refractivity contribution in [1.82, 2.24) is 10.6 Å². The van der Waals surface area contributed by atoms with E-state index in [1.165, 1.54) is 12.8 Å². The van der Waals surface area contributed by atoms with E-state index in [2.05, 4.69) is 24.5 Å². The van der Waals surface area contributed by atoms with Gasteiger partial charge < -0.3 is 15.4 Å². The molecule has 4 atom stereocenters. The Hall–Kier alpha value is -0.610. The second kappa shape index (κ2) is 6.53. The van der Waals surface area contributed by atoms with Crippen molar-refractivity contribution in [3.05, 3.63) is 0 Å². The summed E-state index contributed by atoms with van der Waals surface area (Å²) in [5, 5.41) is 6.56. The van der Waals surface area contributed by atoms with E-state index in [-0.39, 0.29) is 17.9 Å². The predicted octanol–water partition coefficient (Wildman–Crippen LogP) is 1.31. The number of amides is 1. The van der Waals surface area contributed by atoms with Crippen molar-refractivity contribution in [1.29, 1.82) is 0 Å². The van der Waals surface area contributed by atoms with Crippen LogP contribution >= 0.6 is 0 Å². The quantitative estimate of drug-likeness (QED) is 0.795. The summed E-state index contributed by atoms with van der Waals surface area (Å²) in [6.07, 6.45) is 4.81. The van der Waals surface area contributed by atoms with Crippen LogP contribution in [0.15, 0.2) is 0 Å². The minimum atomic E-state index is -0.0119. The Morgan fingerprint density at radius 1 is 1.33 bits per heavy atom. The highest BCUT2D eigenvalue weighted by molar-refractivity contribution is 5.80. The average molecular weight is 254 g/mol. The lowest BCUT2D eigenvalue weighted by Crippen LogP contribution is -2.47. The Labute approximate surface area is 110 Å². The van der Waals surface area contributed by atoms with Crippen molar-refractivity contribution in [2.45, 2.75) is 51.6 Å². The Morgan fingerprint density at radius 2 is 2.17 bits per heavy atom. The van der Waals surface area contributed by atoms with Crippen molar-refractivity contribution in [2.75, 3.05) is 19.8 Å². The van der Waals surface area contributed by atoms with Crippen molar-refractivity contribution >= 4 is 5.91 Å². The van der Waals surface area contributed by atoms with Gasteiger partial charge >= 0.3 is 0 Å². The molecule has 1 aliphatic heterocycles. The van der Waals surface area contributed by atoms with Crippen molar-refractivity contribution in [2.24, 2.45) is 11.8 Å². The van der Waals surface area contributed by atoms with E-state index in [1.54, 1.807) is 0 Å². The maximum atomic E-state index is 12.3. The van der Waals surface area contributed by atoms with E-state index in [0.29, 0.717) is 19.3 Å². The molecule has 4 unspecified atom stereocenters. The first-order valence-electron chi connectivity index (χ1n) is 7.32. The molecule has 1 heterocycles. The van der Waals surface area contributed by atoms with Gasteiger partial charge in [0.2, 0.25) is 5.91 Å². The minimum Gasteiger partial charge on any atom is -0.379 e. The standard InChI is InChI=1S/C14H26N2O2/c1-3-15-13-9-18-8-12(13)14(17)16-11-6-4-5-10(2)7-11/h10-13,15H,3-9H2,1-2H3,(H,16,17). The zero-order valence-electron chi connectivity index (χ0n) is 11.6. The molecule has 2 N–H and O–H groups in total. The summed E-state index contributed by atoms with van der Waals surface area (Å²) in [6.45, 7) is 6.45. The summed E-state index contributed by atoms with van der Waals surface area (Å²) < 4.78 is 5.43. The molecular formula is C14H26N2O2. The maximum Gasteiger partial charge on any atom is 0.227 e. The van der Waals surface area contributed by atoms with Crippen LogP contribution in [0.4, 0.5) is 0 Å². The van der Waals surface area contributed by atoms with Gasteiger partial charge in [0, 0.05) is 12.1 Å². The molecule has 0 spiro atoms. The van der Waals surface area contributed by atoms with Gasteiger partial charge in [0.15, 0.2) is 0 Å².